The molecule has 33 heavy (non-hydrogen) atoms. The van der Waals surface area contributed by atoms with E-state index >= 15 is 0 Å². The molecule has 176 valence electrons. The molecule has 0 aliphatic carbocycles. The van der Waals surface area contributed by atoms with Gasteiger partial charge in [0.1, 0.15) is 35.4 Å². The second kappa shape index (κ2) is 9.38. The van der Waals surface area contributed by atoms with Crippen molar-refractivity contribution < 1.29 is 44.6 Å². The van der Waals surface area contributed by atoms with Crippen LogP contribution in [-0.2, 0) is 23.9 Å². The Bertz CT molecular complexity index is 1100. The van der Waals surface area contributed by atoms with Gasteiger partial charge in [0, 0.05) is 11.6 Å². The average Bonchev–Trinajstić information content (AvgIpc) is 2.70. The summed E-state index contributed by atoms with van der Waals surface area (Å²) in [6.07, 6.45) is -10.3. The molecule has 0 unspecified atom stereocenters. The smallest absolute Gasteiger partial charge is 0.489 e. The Morgan fingerprint density at radius 3 is 1.82 bits per heavy atom. The number of hydrogen-bond donors (Lipinski definition) is 0. The summed E-state index contributed by atoms with van der Waals surface area (Å²) in [5.41, 5.74) is -1.17. The first-order chi connectivity index (χ1) is 15.4. The van der Waals surface area contributed by atoms with E-state index < -0.39 is 41.0 Å². The molecular weight excluding hydrogens is 460 g/mol. The largest absolute Gasteiger partial charge is 0.527 e. The van der Waals surface area contributed by atoms with Gasteiger partial charge in [0.15, 0.2) is 0 Å². The summed E-state index contributed by atoms with van der Waals surface area (Å²) in [5.74, 6) is -4.96. The lowest BCUT2D eigenvalue weighted by atomic mass is 10.0. The summed E-state index contributed by atoms with van der Waals surface area (Å²) in [7, 11) is 0. The summed E-state index contributed by atoms with van der Waals surface area (Å²) in [6.45, 7) is 2.12. The van der Waals surface area contributed by atoms with Crippen LogP contribution in [0.5, 0.6) is 5.75 Å². The maximum absolute atomic E-state index is 14.5. The van der Waals surface area contributed by atoms with E-state index in [0.717, 1.165) is 29.7 Å². The second-order valence-corrected chi connectivity index (χ2v) is 6.98. The average molecular weight is 476 g/mol. The van der Waals surface area contributed by atoms with Crippen LogP contribution in [0.2, 0.25) is 0 Å². The number of halogens is 8. The number of alkyl halides is 5. The third-order valence-corrected chi connectivity index (χ3v) is 4.67. The van der Waals surface area contributed by atoms with Crippen molar-refractivity contribution in [2.45, 2.75) is 32.4 Å². The molecule has 0 amide bonds. The normalized spacial score (nSPS) is 12.2. The van der Waals surface area contributed by atoms with Crippen molar-refractivity contribution in [3.63, 3.8) is 0 Å². The lowest BCUT2D eigenvalue weighted by Crippen LogP contribution is -2.29. The van der Waals surface area contributed by atoms with E-state index in [1.165, 1.54) is 6.07 Å². The maximum Gasteiger partial charge on any atom is 0.527 e. The number of hydrogen-bond acceptors (Lipinski definition) is 2. The van der Waals surface area contributed by atoms with E-state index in [2.05, 4.69) is 4.74 Å². The van der Waals surface area contributed by atoms with Gasteiger partial charge in [-0.15, -0.1) is 13.2 Å². The molecule has 3 rings (SSSR count). The first-order valence-electron chi connectivity index (χ1n) is 9.54. The van der Waals surface area contributed by atoms with E-state index in [9.17, 15) is 35.1 Å². The van der Waals surface area contributed by atoms with Gasteiger partial charge in [-0.25, -0.2) is 17.9 Å². The molecule has 3 aromatic rings. The monoisotopic (exact) mass is 476 g/mol. The van der Waals surface area contributed by atoms with Gasteiger partial charge in [-0.1, -0.05) is 31.2 Å². The van der Waals surface area contributed by atoms with Crippen molar-refractivity contribution in [1.29, 1.82) is 0 Å². The number of benzene rings is 3. The Hall–Kier alpha value is -3.14. The van der Waals surface area contributed by atoms with Crippen molar-refractivity contribution in [3.8, 4) is 16.9 Å². The highest BCUT2D eigenvalue weighted by molar-refractivity contribution is 5.66. The predicted octanol–water partition coefficient (Wildman–Crippen LogP) is 7.50. The molecule has 0 radical (unpaired) electrons. The minimum absolute atomic E-state index is 0.0958. The third-order valence-electron chi connectivity index (χ3n) is 4.67. The number of aryl methyl sites for hydroxylation is 1. The van der Waals surface area contributed by atoms with Crippen LogP contribution < -0.4 is 4.74 Å². The molecular formula is C23H16F8O2. The van der Waals surface area contributed by atoms with Crippen LogP contribution in [-0.4, -0.2) is 6.36 Å². The Balaban J connectivity index is 1.82. The van der Waals surface area contributed by atoms with Crippen molar-refractivity contribution >= 4 is 0 Å². The van der Waals surface area contributed by atoms with Crippen LogP contribution in [0.4, 0.5) is 35.1 Å². The van der Waals surface area contributed by atoms with Crippen molar-refractivity contribution in [2.75, 3.05) is 0 Å². The van der Waals surface area contributed by atoms with Crippen LogP contribution in [0.1, 0.15) is 23.6 Å². The minimum atomic E-state index is -5.85. The van der Waals surface area contributed by atoms with Gasteiger partial charge in [-0.3, -0.25) is 0 Å². The Morgan fingerprint density at radius 1 is 0.727 bits per heavy atom. The van der Waals surface area contributed by atoms with Crippen LogP contribution in [0.25, 0.3) is 11.1 Å². The molecule has 0 N–H and O–H groups in total. The SMILES string of the molecule is CCc1ccc(COc2ccc(-c3cc(F)c(C(F)(F)OC(F)(F)F)c(F)c3)c(F)c2)cc1. The van der Waals surface area contributed by atoms with Crippen LogP contribution in [0.15, 0.2) is 54.6 Å². The highest BCUT2D eigenvalue weighted by atomic mass is 19.4. The van der Waals surface area contributed by atoms with Gasteiger partial charge in [0.25, 0.3) is 0 Å². The number of ether oxygens (including phenoxy) is 2. The molecule has 10 heteroatoms. The lowest BCUT2D eigenvalue weighted by Gasteiger charge is -2.20. The lowest BCUT2D eigenvalue weighted by molar-refractivity contribution is -0.432. The van der Waals surface area contributed by atoms with E-state index in [1.54, 1.807) is 0 Å². The third kappa shape index (κ3) is 6.01. The van der Waals surface area contributed by atoms with E-state index in [1.807, 2.05) is 31.2 Å². The molecule has 0 aliphatic heterocycles. The molecule has 0 aliphatic rings. The fourth-order valence-electron chi connectivity index (χ4n) is 3.06. The van der Waals surface area contributed by atoms with E-state index in [4.69, 9.17) is 4.74 Å². The summed E-state index contributed by atoms with van der Waals surface area (Å²) < 4.78 is 114. The molecule has 0 saturated heterocycles. The van der Waals surface area contributed by atoms with Gasteiger partial charge >= 0.3 is 12.5 Å². The molecule has 0 heterocycles. The second-order valence-electron chi connectivity index (χ2n) is 6.98. The van der Waals surface area contributed by atoms with E-state index in [-0.39, 0.29) is 17.9 Å². The van der Waals surface area contributed by atoms with Crippen LogP contribution >= 0.6 is 0 Å². The Morgan fingerprint density at radius 2 is 1.30 bits per heavy atom. The molecule has 0 atom stereocenters. The topological polar surface area (TPSA) is 18.5 Å². The first kappa shape index (κ1) is 24.5. The van der Waals surface area contributed by atoms with Crippen LogP contribution in [0, 0.1) is 17.5 Å². The standard InChI is InChI=1S/C23H16F8O2/c1-2-13-3-5-14(6-4-13)12-32-16-7-8-17(18(24)11-16)15-9-19(25)21(20(26)10-15)22(27,28)33-23(29,30)31/h3-11H,2,12H2,1H3. The molecule has 0 bridgehead atoms. The van der Waals surface area contributed by atoms with Gasteiger partial charge in [0.05, 0.1) is 0 Å². The first-order valence-corrected chi connectivity index (χ1v) is 9.54. The molecule has 0 spiro atoms. The van der Waals surface area contributed by atoms with Gasteiger partial charge in [0.2, 0.25) is 0 Å². The van der Waals surface area contributed by atoms with Crippen molar-refractivity contribution in [3.05, 3.63) is 88.7 Å². The fourth-order valence-corrected chi connectivity index (χ4v) is 3.06. The highest BCUT2D eigenvalue weighted by Gasteiger charge is 2.49. The summed E-state index contributed by atoms with van der Waals surface area (Å²) >= 11 is 0. The zero-order chi connectivity index (χ0) is 24.4. The van der Waals surface area contributed by atoms with Crippen LogP contribution in [0.3, 0.4) is 0 Å². The maximum atomic E-state index is 14.5. The van der Waals surface area contributed by atoms with E-state index in [0.29, 0.717) is 12.1 Å². The Kier molecular flexibility index (Phi) is 6.97. The summed E-state index contributed by atoms with van der Waals surface area (Å²) in [5, 5.41) is 0. The predicted molar refractivity (Wildman–Crippen MR) is 103 cm³/mol. The summed E-state index contributed by atoms with van der Waals surface area (Å²) in [6, 6.07) is 11.4. The zero-order valence-electron chi connectivity index (χ0n) is 17.0. The minimum Gasteiger partial charge on any atom is -0.489 e. The van der Waals surface area contributed by atoms with Gasteiger partial charge < -0.3 is 4.74 Å². The molecule has 3 aromatic carbocycles. The molecule has 0 fully saturated rings. The van der Waals surface area contributed by atoms with Crippen molar-refractivity contribution in [1.82, 2.24) is 0 Å². The quantitative estimate of drug-likeness (QED) is 0.329. The van der Waals surface area contributed by atoms with Gasteiger partial charge in [-0.05, 0) is 47.4 Å². The van der Waals surface area contributed by atoms with Crippen molar-refractivity contribution in [2.24, 2.45) is 0 Å². The molecule has 0 aromatic heterocycles. The fraction of sp³-hybridized carbons (Fsp3) is 0.217. The zero-order valence-corrected chi connectivity index (χ0v) is 17.0. The molecule has 0 saturated carbocycles. The highest BCUT2D eigenvalue weighted by Crippen LogP contribution is 2.40. The van der Waals surface area contributed by atoms with Gasteiger partial charge in [-0.2, -0.15) is 8.78 Å². The molecule has 2 nitrogen and oxygen atoms in total. The summed E-state index contributed by atoms with van der Waals surface area (Å²) in [4.78, 5) is 0. The number of rotatable bonds is 7. The Labute approximate surface area is 183 Å².